The van der Waals surface area contributed by atoms with Gasteiger partial charge in [-0.3, -0.25) is 0 Å². The first-order valence-electron chi connectivity index (χ1n) is 4.55. The highest BCUT2D eigenvalue weighted by Crippen LogP contribution is 2.22. The van der Waals surface area contributed by atoms with Crippen molar-refractivity contribution in [1.82, 2.24) is 0 Å². The molecule has 0 bridgehead atoms. The predicted molar refractivity (Wildman–Crippen MR) is 56.9 cm³/mol. The molecule has 0 saturated heterocycles. The number of nitrogens with two attached hydrogens (primary N) is 1. The van der Waals surface area contributed by atoms with Gasteiger partial charge in [0, 0.05) is 10.7 Å². The summed E-state index contributed by atoms with van der Waals surface area (Å²) in [6, 6.07) is 0. The molecule has 1 unspecified atom stereocenters. The van der Waals surface area contributed by atoms with Crippen LogP contribution in [0.4, 0.5) is 0 Å². The number of ether oxygens (including phenoxy) is 1. The van der Waals surface area contributed by atoms with Crippen molar-refractivity contribution in [2.75, 3.05) is 6.61 Å². The van der Waals surface area contributed by atoms with Gasteiger partial charge in [0.25, 0.3) is 0 Å². The van der Waals surface area contributed by atoms with Gasteiger partial charge >= 0.3 is 0 Å². The maximum atomic E-state index is 9.46. The van der Waals surface area contributed by atoms with Gasteiger partial charge in [-0.05, 0) is 26.3 Å². The van der Waals surface area contributed by atoms with E-state index >= 15 is 0 Å². The van der Waals surface area contributed by atoms with Crippen LogP contribution in [0.1, 0.15) is 20.3 Å². The van der Waals surface area contributed by atoms with E-state index in [4.69, 9.17) is 22.1 Å². The summed E-state index contributed by atoms with van der Waals surface area (Å²) in [5, 5.41) is 10.1. The van der Waals surface area contributed by atoms with Crippen molar-refractivity contribution in [3.05, 3.63) is 22.9 Å². The Hall–Kier alpha value is -0.510. The molecule has 0 amide bonds. The maximum absolute atomic E-state index is 9.46. The SMILES string of the molecule is CC(C)(O)COC1CC=C(N)C=C1Cl. The zero-order valence-corrected chi connectivity index (χ0v) is 9.21. The largest absolute Gasteiger partial charge is 0.399 e. The highest BCUT2D eigenvalue weighted by Gasteiger charge is 2.20. The Bertz CT molecular complexity index is 266. The fraction of sp³-hybridized carbons (Fsp3) is 0.600. The van der Waals surface area contributed by atoms with E-state index in [9.17, 15) is 5.11 Å². The number of aliphatic hydroxyl groups is 1. The Morgan fingerprint density at radius 3 is 2.86 bits per heavy atom. The van der Waals surface area contributed by atoms with Crippen LogP contribution in [0, 0.1) is 0 Å². The highest BCUT2D eigenvalue weighted by molar-refractivity contribution is 6.30. The molecule has 0 spiro atoms. The molecule has 0 radical (unpaired) electrons. The van der Waals surface area contributed by atoms with Crippen LogP contribution in [-0.4, -0.2) is 23.4 Å². The van der Waals surface area contributed by atoms with Crippen LogP contribution in [0.3, 0.4) is 0 Å². The van der Waals surface area contributed by atoms with Gasteiger partial charge in [0.05, 0.1) is 18.3 Å². The molecule has 0 aromatic rings. The molecule has 1 atom stereocenters. The lowest BCUT2D eigenvalue weighted by Gasteiger charge is -2.24. The summed E-state index contributed by atoms with van der Waals surface area (Å²) in [4.78, 5) is 0. The van der Waals surface area contributed by atoms with Crippen molar-refractivity contribution in [2.24, 2.45) is 5.73 Å². The van der Waals surface area contributed by atoms with Gasteiger partial charge in [-0.15, -0.1) is 0 Å². The third kappa shape index (κ3) is 3.70. The van der Waals surface area contributed by atoms with Gasteiger partial charge in [0.2, 0.25) is 0 Å². The van der Waals surface area contributed by atoms with Gasteiger partial charge < -0.3 is 15.6 Å². The minimum Gasteiger partial charge on any atom is -0.399 e. The van der Waals surface area contributed by atoms with E-state index in [0.717, 1.165) is 0 Å². The van der Waals surface area contributed by atoms with Crippen LogP contribution in [0.25, 0.3) is 0 Å². The van der Waals surface area contributed by atoms with E-state index in [2.05, 4.69) is 0 Å². The van der Waals surface area contributed by atoms with Crippen molar-refractivity contribution >= 4 is 11.6 Å². The lowest BCUT2D eigenvalue weighted by atomic mass is 10.1. The highest BCUT2D eigenvalue weighted by atomic mass is 35.5. The molecule has 0 fully saturated rings. The summed E-state index contributed by atoms with van der Waals surface area (Å²) in [6.07, 6.45) is 4.04. The fourth-order valence-electron chi connectivity index (χ4n) is 1.12. The Morgan fingerprint density at radius 1 is 1.71 bits per heavy atom. The van der Waals surface area contributed by atoms with E-state index in [1.54, 1.807) is 19.9 Å². The number of hydrogen-bond acceptors (Lipinski definition) is 3. The second-order valence-electron chi connectivity index (χ2n) is 4.08. The zero-order chi connectivity index (χ0) is 10.8. The molecule has 0 heterocycles. The summed E-state index contributed by atoms with van der Waals surface area (Å²) in [5.74, 6) is 0. The first-order valence-corrected chi connectivity index (χ1v) is 4.93. The van der Waals surface area contributed by atoms with E-state index in [1.807, 2.05) is 6.08 Å². The lowest BCUT2D eigenvalue weighted by molar-refractivity contribution is -0.0402. The van der Waals surface area contributed by atoms with Crippen LogP contribution < -0.4 is 5.73 Å². The second-order valence-corrected chi connectivity index (χ2v) is 4.52. The molecule has 14 heavy (non-hydrogen) atoms. The second kappa shape index (κ2) is 4.34. The minimum atomic E-state index is -0.829. The molecule has 0 saturated carbocycles. The average Bonchev–Trinajstić information content (AvgIpc) is 2.00. The molecule has 1 aliphatic rings. The van der Waals surface area contributed by atoms with Crippen molar-refractivity contribution in [3.63, 3.8) is 0 Å². The van der Waals surface area contributed by atoms with E-state index in [0.29, 0.717) is 17.2 Å². The van der Waals surface area contributed by atoms with E-state index in [-0.39, 0.29) is 12.7 Å². The summed E-state index contributed by atoms with van der Waals surface area (Å²) < 4.78 is 5.46. The van der Waals surface area contributed by atoms with Crippen molar-refractivity contribution < 1.29 is 9.84 Å². The summed E-state index contributed by atoms with van der Waals surface area (Å²) in [6.45, 7) is 3.64. The lowest BCUT2D eigenvalue weighted by Crippen LogP contribution is -2.30. The van der Waals surface area contributed by atoms with Crippen LogP contribution >= 0.6 is 11.6 Å². The van der Waals surface area contributed by atoms with Crippen molar-refractivity contribution in [1.29, 1.82) is 0 Å². The van der Waals surface area contributed by atoms with Gasteiger partial charge in [-0.25, -0.2) is 0 Å². The summed E-state index contributed by atoms with van der Waals surface area (Å²) >= 11 is 5.94. The van der Waals surface area contributed by atoms with Crippen LogP contribution in [-0.2, 0) is 4.74 Å². The Balaban J connectivity index is 2.46. The quantitative estimate of drug-likeness (QED) is 0.754. The topological polar surface area (TPSA) is 55.5 Å². The molecule has 0 aromatic heterocycles. The van der Waals surface area contributed by atoms with Crippen molar-refractivity contribution in [2.45, 2.75) is 32.0 Å². The Kier molecular flexibility index (Phi) is 3.59. The molecule has 0 aromatic carbocycles. The van der Waals surface area contributed by atoms with Gasteiger partial charge in [0.15, 0.2) is 0 Å². The molecular weight excluding hydrogens is 202 g/mol. The minimum absolute atomic E-state index is 0.171. The van der Waals surface area contributed by atoms with Gasteiger partial charge in [0.1, 0.15) is 0 Å². The van der Waals surface area contributed by atoms with E-state index in [1.165, 1.54) is 0 Å². The number of hydrogen-bond donors (Lipinski definition) is 2. The molecule has 0 aliphatic heterocycles. The number of allylic oxidation sites excluding steroid dienone is 1. The van der Waals surface area contributed by atoms with Gasteiger partial charge in [-0.1, -0.05) is 17.7 Å². The molecular formula is C10H16ClNO2. The Morgan fingerprint density at radius 2 is 2.36 bits per heavy atom. The molecule has 3 N–H and O–H groups in total. The van der Waals surface area contributed by atoms with E-state index < -0.39 is 5.60 Å². The zero-order valence-electron chi connectivity index (χ0n) is 8.46. The first-order chi connectivity index (χ1) is 6.38. The van der Waals surface area contributed by atoms with Crippen LogP contribution in [0.15, 0.2) is 22.9 Å². The third-order valence-corrected chi connectivity index (χ3v) is 2.17. The molecule has 4 heteroatoms. The maximum Gasteiger partial charge on any atom is 0.0967 e. The predicted octanol–water partition coefficient (Wildman–Crippen LogP) is 1.51. The number of rotatable bonds is 3. The summed E-state index contributed by atoms with van der Waals surface area (Å²) in [5.41, 5.74) is 5.40. The Labute approximate surface area is 89.2 Å². The van der Waals surface area contributed by atoms with Crippen LogP contribution in [0.2, 0.25) is 0 Å². The molecule has 3 nitrogen and oxygen atoms in total. The standard InChI is InChI=1S/C10H16ClNO2/c1-10(2,13)6-14-9-4-3-7(12)5-8(9)11/h3,5,9,13H,4,6,12H2,1-2H3. The third-order valence-electron chi connectivity index (χ3n) is 1.82. The molecule has 1 rings (SSSR count). The van der Waals surface area contributed by atoms with Crippen LogP contribution in [0.5, 0.6) is 0 Å². The van der Waals surface area contributed by atoms with Crippen molar-refractivity contribution in [3.8, 4) is 0 Å². The van der Waals surface area contributed by atoms with Gasteiger partial charge in [-0.2, -0.15) is 0 Å². The molecule has 80 valence electrons. The number of halogens is 1. The molecule has 1 aliphatic carbocycles. The monoisotopic (exact) mass is 217 g/mol. The average molecular weight is 218 g/mol. The normalized spacial score (nSPS) is 23.0. The first kappa shape index (κ1) is 11.6. The summed E-state index contributed by atoms with van der Waals surface area (Å²) in [7, 11) is 0. The fourth-order valence-corrected chi connectivity index (χ4v) is 1.40. The smallest absolute Gasteiger partial charge is 0.0967 e.